The van der Waals surface area contributed by atoms with Gasteiger partial charge in [-0.2, -0.15) is 0 Å². The van der Waals surface area contributed by atoms with E-state index in [2.05, 4.69) is 41.0 Å². The average molecular weight is 248 g/mol. The highest BCUT2D eigenvalue weighted by Crippen LogP contribution is 2.26. The molecule has 0 aromatic carbocycles. The van der Waals surface area contributed by atoms with Crippen molar-refractivity contribution in [2.75, 3.05) is 23.3 Å². The Morgan fingerprint density at radius 1 is 1.33 bits per heavy atom. The van der Waals surface area contributed by atoms with Gasteiger partial charge in [-0.25, -0.2) is 4.98 Å². The van der Waals surface area contributed by atoms with E-state index in [1.54, 1.807) is 6.20 Å². The van der Waals surface area contributed by atoms with Crippen LogP contribution in [0.1, 0.15) is 40.0 Å². The number of hydrogen-bond acceptors (Lipinski definition) is 4. The Hall–Kier alpha value is -1.32. The van der Waals surface area contributed by atoms with Crippen LogP contribution in [0.5, 0.6) is 0 Å². The molecular formula is C14H24N4. The summed E-state index contributed by atoms with van der Waals surface area (Å²) in [6, 6.07) is 0.567. The third-order valence-corrected chi connectivity index (χ3v) is 3.59. The molecule has 100 valence electrons. The van der Waals surface area contributed by atoms with Gasteiger partial charge in [-0.05, 0) is 32.1 Å². The minimum absolute atomic E-state index is 0.567. The van der Waals surface area contributed by atoms with Crippen LogP contribution in [0, 0.1) is 5.92 Å². The van der Waals surface area contributed by atoms with E-state index in [1.165, 1.54) is 12.8 Å². The smallest absolute Gasteiger partial charge is 0.149 e. The van der Waals surface area contributed by atoms with Gasteiger partial charge in [0.2, 0.25) is 0 Å². The molecule has 1 saturated heterocycles. The molecule has 0 amide bonds. The van der Waals surface area contributed by atoms with Crippen LogP contribution in [-0.4, -0.2) is 29.1 Å². The molecule has 1 aromatic heterocycles. The summed E-state index contributed by atoms with van der Waals surface area (Å²) in [5, 5.41) is 3.30. The van der Waals surface area contributed by atoms with Crippen molar-refractivity contribution in [3.05, 3.63) is 12.4 Å². The van der Waals surface area contributed by atoms with Gasteiger partial charge in [-0.3, -0.25) is 4.98 Å². The second-order valence-corrected chi connectivity index (χ2v) is 5.37. The molecule has 1 aliphatic heterocycles. The first-order valence-electron chi connectivity index (χ1n) is 7.03. The zero-order chi connectivity index (χ0) is 13.0. The van der Waals surface area contributed by atoms with Crippen LogP contribution in [0.15, 0.2) is 12.4 Å². The lowest BCUT2D eigenvalue weighted by Crippen LogP contribution is -2.41. The number of nitrogens with zero attached hydrogens (tertiary/aromatic N) is 3. The third-order valence-electron chi connectivity index (χ3n) is 3.59. The predicted molar refractivity (Wildman–Crippen MR) is 76.0 cm³/mol. The molecule has 0 radical (unpaired) electrons. The number of rotatable bonds is 4. The van der Waals surface area contributed by atoms with Crippen molar-refractivity contribution in [2.24, 2.45) is 5.92 Å². The Morgan fingerprint density at radius 2 is 2.17 bits per heavy atom. The molecule has 2 unspecified atom stereocenters. The molecule has 2 heterocycles. The lowest BCUT2D eigenvalue weighted by atomic mass is 9.95. The highest BCUT2D eigenvalue weighted by molar-refractivity contribution is 5.45. The molecule has 4 heteroatoms. The molecule has 1 aliphatic rings. The van der Waals surface area contributed by atoms with E-state index >= 15 is 0 Å². The Kier molecular flexibility index (Phi) is 4.39. The molecule has 1 N–H and O–H groups in total. The van der Waals surface area contributed by atoms with Gasteiger partial charge in [0, 0.05) is 19.1 Å². The summed E-state index contributed by atoms with van der Waals surface area (Å²) < 4.78 is 0. The Balaban J connectivity index is 2.11. The van der Waals surface area contributed by atoms with E-state index < -0.39 is 0 Å². The SMILES string of the molecule is CCCNc1cncc(N2CC(C)CCC2C)n1. The normalized spacial score (nSPS) is 24.1. The number of hydrogen-bond donors (Lipinski definition) is 1. The van der Waals surface area contributed by atoms with Gasteiger partial charge >= 0.3 is 0 Å². The average Bonchev–Trinajstić information content (AvgIpc) is 2.39. The lowest BCUT2D eigenvalue weighted by Gasteiger charge is -2.37. The molecule has 1 fully saturated rings. The second kappa shape index (κ2) is 6.03. The highest BCUT2D eigenvalue weighted by Gasteiger charge is 2.24. The van der Waals surface area contributed by atoms with Crippen molar-refractivity contribution in [1.82, 2.24) is 9.97 Å². The zero-order valence-electron chi connectivity index (χ0n) is 11.7. The van der Waals surface area contributed by atoms with Crippen LogP contribution in [0.4, 0.5) is 11.6 Å². The minimum Gasteiger partial charge on any atom is -0.369 e. The number of anilines is 2. The largest absolute Gasteiger partial charge is 0.369 e. The molecule has 0 spiro atoms. The molecule has 1 aromatic rings. The van der Waals surface area contributed by atoms with E-state index in [0.29, 0.717) is 6.04 Å². The molecular weight excluding hydrogens is 224 g/mol. The van der Waals surface area contributed by atoms with Crippen molar-refractivity contribution in [3.8, 4) is 0 Å². The van der Waals surface area contributed by atoms with Crippen molar-refractivity contribution in [3.63, 3.8) is 0 Å². The zero-order valence-corrected chi connectivity index (χ0v) is 11.7. The number of piperidine rings is 1. The quantitative estimate of drug-likeness (QED) is 0.889. The summed E-state index contributed by atoms with van der Waals surface area (Å²) in [6.45, 7) is 8.78. The minimum atomic E-state index is 0.567. The molecule has 18 heavy (non-hydrogen) atoms. The lowest BCUT2D eigenvalue weighted by molar-refractivity contribution is 0.388. The topological polar surface area (TPSA) is 41.1 Å². The van der Waals surface area contributed by atoms with Crippen molar-refractivity contribution in [1.29, 1.82) is 0 Å². The van der Waals surface area contributed by atoms with Crippen LogP contribution in [0.2, 0.25) is 0 Å². The first-order valence-corrected chi connectivity index (χ1v) is 7.03. The van der Waals surface area contributed by atoms with Gasteiger partial charge < -0.3 is 10.2 Å². The van der Waals surface area contributed by atoms with E-state index in [-0.39, 0.29) is 0 Å². The maximum Gasteiger partial charge on any atom is 0.149 e. The highest BCUT2D eigenvalue weighted by atomic mass is 15.2. The Morgan fingerprint density at radius 3 is 2.94 bits per heavy atom. The first-order chi connectivity index (χ1) is 8.70. The van der Waals surface area contributed by atoms with E-state index in [9.17, 15) is 0 Å². The molecule has 0 bridgehead atoms. The van der Waals surface area contributed by atoms with Crippen LogP contribution >= 0.6 is 0 Å². The standard InChI is InChI=1S/C14H24N4/c1-4-7-16-13-8-15-9-14(17-13)18-10-11(2)5-6-12(18)3/h8-9,11-12H,4-7,10H2,1-3H3,(H,16,17). The summed E-state index contributed by atoms with van der Waals surface area (Å²) in [5.41, 5.74) is 0. The summed E-state index contributed by atoms with van der Waals surface area (Å²) in [6.07, 6.45) is 7.35. The first kappa shape index (κ1) is 13.1. The van der Waals surface area contributed by atoms with E-state index in [1.807, 2.05) is 6.20 Å². The van der Waals surface area contributed by atoms with E-state index in [0.717, 1.165) is 37.1 Å². The molecule has 4 nitrogen and oxygen atoms in total. The monoisotopic (exact) mass is 248 g/mol. The fraction of sp³-hybridized carbons (Fsp3) is 0.714. The van der Waals surface area contributed by atoms with Gasteiger partial charge in [0.05, 0.1) is 12.4 Å². The summed E-state index contributed by atoms with van der Waals surface area (Å²) in [4.78, 5) is 11.4. The fourth-order valence-electron chi connectivity index (χ4n) is 2.44. The predicted octanol–water partition coefficient (Wildman–Crippen LogP) is 2.92. The summed E-state index contributed by atoms with van der Waals surface area (Å²) in [7, 11) is 0. The van der Waals surface area contributed by atoms with Gasteiger partial charge in [-0.1, -0.05) is 13.8 Å². The number of nitrogens with one attached hydrogen (secondary N) is 1. The Bertz CT molecular complexity index is 380. The van der Waals surface area contributed by atoms with Gasteiger partial charge in [0.1, 0.15) is 11.6 Å². The molecule has 2 rings (SSSR count). The third kappa shape index (κ3) is 3.12. The second-order valence-electron chi connectivity index (χ2n) is 5.37. The summed E-state index contributed by atoms with van der Waals surface area (Å²) in [5.74, 6) is 2.64. The van der Waals surface area contributed by atoms with Crippen LogP contribution < -0.4 is 10.2 Å². The van der Waals surface area contributed by atoms with Crippen LogP contribution in [0.3, 0.4) is 0 Å². The van der Waals surface area contributed by atoms with Gasteiger partial charge in [-0.15, -0.1) is 0 Å². The molecule has 2 atom stereocenters. The molecule has 0 aliphatic carbocycles. The van der Waals surface area contributed by atoms with Crippen LogP contribution in [0.25, 0.3) is 0 Å². The van der Waals surface area contributed by atoms with Crippen molar-refractivity contribution in [2.45, 2.75) is 46.1 Å². The Labute approximate surface area is 110 Å². The summed E-state index contributed by atoms with van der Waals surface area (Å²) >= 11 is 0. The van der Waals surface area contributed by atoms with E-state index in [4.69, 9.17) is 0 Å². The van der Waals surface area contributed by atoms with Crippen molar-refractivity contribution >= 4 is 11.6 Å². The fourth-order valence-corrected chi connectivity index (χ4v) is 2.44. The molecule has 0 saturated carbocycles. The maximum atomic E-state index is 4.67. The van der Waals surface area contributed by atoms with Gasteiger partial charge in [0.15, 0.2) is 0 Å². The van der Waals surface area contributed by atoms with Gasteiger partial charge in [0.25, 0.3) is 0 Å². The van der Waals surface area contributed by atoms with Crippen LogP contribution in [-0.2, 0) is 0 Å². The number of aromatic nitrogens is 2. The maximum absolute atomic E-state index is 4.67. The van der Waals surface area contributed by atoms with Crippen molar-refractivity contribution < 1.29 is 0 Å².